The van der Waals surface area contributed by atoms with Gasteiger partial charge in [0.2, 0.25) is 0 Å². The molecule has 5 rings (SSSR count). The number of fused-ring (bicyclic) bond motifs is 3. The van der Waals surface area contributed by atoms with Crippen molar-refractivity contribution in [1.82, 2.24) is 29.4 Å². The Labute approximate surface area is 166 Å². The van der Waals surface area contributed by atoms with Crippen molar-refractivity contribution in [2.75, 3.05) is 0 Å². The van der Waals surface area contributed by atoms with Crippen molar-refractivity contribution in [3.8, 4) is 0 Å². The van der Waals surface area contributed by atoms with Crippen LogP contribution in [0.4, 0.5) is 0 Å². The number of rotatable bonds is 6. The molecule has 3 aromatic heterocycles. The van der Waals surface area contributed by atoms with Gasteiger partial charge < -0.3 is 4.84 Å². The Morgan fingerprint density at radius 2 is 1.76 bits per heavy atom. The predicted octanol–water partition coefficient (Wildman–Crippen LogP) is 3.07. The molecule has 0 saturated carbocycles. The van der Waals surface area contributed by atoms with Crippen LogP contribution in [0.5, 0.6) is 0 Å². The highest BCUT2D eigenvalue weighted by Gasteiger charge is 2.13. The van der Waals surface area contributed by atoms with Gasteiger partial charge in [-0.1, -0.05) is 65.8 Å². The Morgan fingerprint density at radius 1 is 0.966 bits per heavy atom. The molecule has 0 saturated heterocycles. The van der Waals surface area contributed by atoms with Crippen molar-refractivity contribution in [3.63, 3.8) is 0 Å². The van der Waals surface area contributed by atoms with Gasteiger partial charge in [-0.25, -0.2) is 19.2 Å². The molecule has 142 valence electrons. The van der Waals surface area contributed by atoms with Gasteiger partial charge in [-0.05, 0) is 11.1 Å². The molecule has 0 fully saturated rings. The molecule has 0 aliphatic rings. The molecule has 0 aliphatic carbocycles. The Bertz CT molecular complexity index is 1280. The van der Waals surface area contributed by atoms with Crippen molar-refractivity contribution in [2.24, 2.45) is 5.16 Å². The van der Waals surface area contributed by atoms with Gasteiger partial charge in [0.1, 0.15) is 6.33 Å². The summed E-state index contributed by atoms with van der Waals surface area (Å²) in [5.41, 5.74) is 3.58. The lowest BCUT2D eigenvalue weighted by atomic mass is 10.2. The SMILES string of the molecule is C(=N/OCc1nc2c3cnn(Cc4ccccc4)c3ncn2n1)/c1ccccc1. The molecule has 0 aliphatic heterocycles. The fraction of sp³-hybridized carbons (Fsp3) is 0.0952. The highest BCUT2D eigenvalue weighted by molar-refractivity contribution is 5.88. The third kappa shape index (κ3) is 3.55. The summed E-state index contributed by atoms with van der Waals surface area (Å²) in [6.07, 6.45) is 5.07. The number of aromatic nitrogens is 6. The van der Waals surface area contributed by atoms with Crippen LogP contribution in [-0.2, 0) is 18.0 Å². The number of oxime groups is 1. The van der Waals surface area contributed by atoms with Crippen LogP contribution in [0, 0.1) is 0 Å². The molecule has 29 heavy (non-hydrogen) atoms. The van der Waals surface area contributed by atoms with E-state index >= 15 is 0 Å². The molecule has 8 nitrogen and oxygen atoms in total. The van der Waals surface area contributed by atoms with Gasteiger partial charge in [-0.15, -0.1) is 5.10 Å². The van der Waals surface area contributed by atoms with Gasteiger partial charge in [0.15, 0.2) is 23.7 Å². The molecule has 3 heterocycles. The maximum Gasteiger partial charge on any atom is 0.192 e. The van der Waals surface area contributed by atoms with Crippen LogP contribution in [0.25, 0.3) is 16.7 Å². The molecular formula is C21H17N7O. The van der Waals surface area contributed by atoms with E-state index in [1.165, 1.54) is 0 Å². The van der Waals surface area contributed by atoms with E-state index in [-0.39, 0.29) is 6.61 Å². The molecular weight excluding hydrogens is 366 g/mol. The van der Waals surface area contributed by atoms with E-state index in [2.05, 4.69) is 37.5 Å². The molecule has 0 radical (unpaired) electrons. The summed E-state index contributed by atoms with van der Waals surface area (Å²) in [7, 11) is 0. The zero-order chi connectivity index (χ0) is 19.5. The molecule has 5 aromatic rings. The molecule has 2 aromatic carbocycles. The van der Waals surface area contributed by atoms with Crippen molar-refractivity contribution < 1.29 is 4.84 Å². The lowest BCUT2D eigenvalue weighted by Crippen LogP contribution is -2.03. The van der Waals surface area contributed by atoms with Crippen molar-refractivity contribution in [3.05, 3.63) is 90.1 Å². The summed E-state index contributed by atoms with van der Waals surface area (Å²) < 4.78 is 3.50. The third-order valence-corrected chi connectivity index (χ3v) is 4.46. The first-order chi connectivity index (χ1) is 14.4. The number of hydrogen-bond acceptors (Lipinski definition) is 6. The second-order valence-corrected chi connectivity index (χ2v) is 6.48. The zero-order valence-electron chi connectivity index (χ0n) is 15.5. The summed E-state index contributed by atoms with van der Waals surface area (Å²) in [5, 5.41) is 13.7. The normalized spacial score (nSPS) is 11.6. The molecule has 0 bridgehead atoms. The monoisotopic (exact) mass is 383 g/mol. The predicted molar refractivity (Wildman–Crippen MR) is 108 cm³/mol. The first-order valence-electron chi connectivity index (χ1n) is 9.17. The molecule has 0 N–H and O–H groups in total. The summed E-state index contributed by atoms with van der Waals surface area (Å²) in [4.78, 5) is 14.4. The van der Waals surface area contributed by atoms with Crippen molar-refractivity contribution in [2.45, 2.75) is 13.2 Å². The highest BCUT2D eigenvalue weighted by atomic mass is 16.6. The molecule has 0 spiro atoms. The van der Waals surface area contributed by atoms with Crippen molar-refractivity contribution >= 4 is 22.9 Å². The fourth-order valence-electron chi connectivity index (χ4n) is 3.08. The summed E-state index contributed by atoms with van der Waals surface area (Å²) in [6.45, 7) is 0.816. The topological polar surface area (TPSA) is 82.5 Å². The summed E-state index contributed by atoms with van der Waals surface area (Å²) in [5.74, 6) is 0.528. The van der Waals surface area contributed by atoms with E-state index in [0.717, 1.165) is 22.2 Å². The summed E-state index contributed by atoms with van der Waals surface area (Å²) in [6, 6.07) is 19.9. The quantitative estimate of drug-likeness (QED) is 0.332. The third-order valence-electron chi connectivity index (χ3n) is 4.46. The Hall–Kier alpha value is -4.07. The van der Waals surface area contributed by atoms with Crippen LogP contribution >= 0.6 is 0 Å². The standard InChI is InChI=1S/C21H17N7O/c1-3-7-16(8-4-1)11-24-29-14-19-25-21-18-12-23-27(13-17-9-5-2-6-10-17)20(18)22-15-28(21)26-19/h1-12,15H,13-14H2/b24-11-. The first-order valence-corrected chi connectivity index (χ1v) is 9.17. The molecule has 0 unspecified atom stereocenters. The maximum absolute atomic E-state index is 5.34. The highest BCUT2D eigenvalue weighted by Crippen LogP contribution is 2.17. The zero-order valence-corrected chi connectivity index (χ0v) is 15.5. The van der Waals surface area contributed by atoms with Crippen LogP contribution in [0.2, 0.25) is 0 Å². The largest absolute Gasteiger partial charge is 0.387 e. The lowest BCUT2D eigenvalue weighted by molar-refractivity contribution is 0.126. The van der Waals surface area contributed by atoms with Crippen LogP contribution in [0.3, 0.4) is 0 Å². The van der Waals surface area contributed by atoms with Gasteiger partial charge in [0, 0.05) is 0 Å². The Morgan fingerprint density at radius 3 is 2.59 bits per heavy atom. The second kappa shape index (κ2) is 7.51. The number of benzene rings is 2. The summed E-state index contributed by atoms with van der Waals surface area (Å²) >= 11 is 0. The minimum Gasteiger partial charge on any atom is -0.387 e. The minimum absolute atomic E-state index is 0.171. The van der Waals surface area contributed by atoms with Gasteiger partial charge >= 0.3 is 0 Å². The number of nitrogens with zero attached hydrogens (tertiary/aromatic N) is 7. The lowest BCUT2D eigenvalue weighted by Gasteiger charge is -2.02. The van der Waals surface area contributed by atoms with Crippen LogP contribution in [-0.4, -0.2) is 35.6 Å². The Kier molecular flexibility index (Phi) is 4.42. The van der Waals surface area contributed by atoms with Gasteiger partial charge in [0.05, 0.1) is 24.3 Å². The van der Waals surface area contributed by atoms with Crippen LogP contribution in [0.15, 0.2) is 78.3 Å². The van der Waals surface area contributed by atoms with Gasteiger partial charge in [-0.2, -0.15) is 5.10 Å². The van der Waals surface area contributed by atoms with Crippen LogP contribution < -0.4 is 0 Å². The molecule has 0 amide bonds. The first kappa shape index (κ1) is 17.1. The van der Waals surface area contributed by atoms with Crippen molar-refractivity contribution in [1.29, 1.82) is 0 Å². The second-order valence-electron chi connectivity index (χ2n) is 6.48. The van der Waals surface area contributed by atoms with Crippen LogP contribution in [0.1, 0.15) is 17.0 Å². The van der Waals surface area contributed by atoms with E-state index in [1.54, 1.807) is 23.3 Å². The minimum atomic E-state index is 0.171. The van der Waals surface area contributed by atoms with E-state index in [0.29, 0.717) is 18.0 Å². The van der Waals surface area contributed by atoms with E-state index in [9.17, 15) is 0 Å². The molecule has 0 atom stereocenters. The number of hydrogen-bond donors (Lipinski definition) is 0. The van der Waals surface area contributed by atoms with E-state index < -0.39 is 0 Å². The van der Waals surface area contributed by atoms with E-state index in [4.69, 9.17) is 4.84 Å². The maximum atomic E-state index is 5.34. The molecule has 8 heteroatoms. The fourth-order valence-corrected chi connectivity index (χ4v) is 3.08. The van der Waals surface area contributed by atoms with Gasteiger partial charge in [0.25, 0.3) is 0 Å². The van der Waals surface area contributed by atoms with Gasteiger partial charge in [-0.3, -0.25) is 0 Å². The average Bonchev–Trinajstić information content (AvgIpc) is 3.36. The average molecular weight is 383 g/mol. The Balaban J connectivity index is 1.36. The smallest absolute Gasteiger partial charge is 0.192 e. The van der Waals surface area contributed by atoms with E-state index in [1.807, 2.05) is 53.2 Å².